The molecule has 3 N–H and O–H groups in total. The van der Waals surface area contributed by atoms with Gasteiger partial charge in [0.25, 0.3) is 10.0 Å². The molecular weight excluding hydrogens is 305 g/mol. The maximum atomic E-state index is 13.0. The van der Waals surface area contributed by atoms with E-state index in [2.05, 4.69) is 9.71 Å². The summed E-state index contributed by atoms with van der Waals surface area (Å²) >= 11 is 5.81. The van der Waals surface area contributed by atoms with Crippen molar-refractivity contribution in [2.75, 3.05) is 10.5 Å². The molecular formula is C12H11ClFN3O2S. The van der Waals surface area contributed by atoms with Crippen molar-refractivity contribution >= 4 is 33.1 Å². The van der Waals surface area contributed by atoms with Crippen molar-refractivity contribution in [3.05, 3.63) is 46.9 Å². The quantitative estimate of drug-likeness (QED) is 0.673. The van der Waals surface area contributed by atoms with Gasteiger partial charge in [0.2, 0.25) is 5.95 Å². The zero-order chi connectivity index (χ0) is 14.9. The number of nitrogens with zero attached hydrogens (tertiary/aromatic N) is 1. The number of benzene rings is 1. The van der Waals surface area contributed by atoms with Crippen LogP contribution in [-0.2, 0) is 10.0 Å². The second-order valence-electron chi connectivity index (χ2n) is 4.09. The van der Waals surface area contributed by atoms with Crippen LogP contribution in [-0.4, -0.2) is 13.4 Å². The standard InChI is InChI=1S/C12H11ClFN3O2S/c1-7-5-8(13)9(15)6-10(7)20(18,19)17-12-4-2-3-11(14)16-12/h2-6H,15H2,1H3,(H,16,17). The van der Waals surface area contributed by atoms with Crippen LogP contribution in [0.4, 0.5) is 15.9 Å². The smallest absolute Gasteiger partial charge is 0.263 e. The highest BCUT2D eigenvalue weighted by molar-refractivity contribution is 7.92. The third kappa shape index (κ3) is 3.00. The molecule has 1 aromatic heterocycles. The zero-order valence-corrected chi connectivity index (χ0v) is 12.0. The van der Waals surface area contributed by atoms with Gasteiger partial charge in [-0.2, -0.15) is 4.39 Å². The van der Waals surface area contributed by atoms with Crippen LogP contribution in [0.2, 0.25) is 5.02 Å². The van der Waals surface area contributed by atoms with Gasteiger partial charge in [-0.3, -0.25) is 4.72 Å². The summed E-state index contributed by atoms with van der Waals surface area (Å²) in [5.74, 6) is -0.893. The lowest BCUT2D eigenvalue weighted by atomic mass is 10.2. The SMILES string of the molecule is Cc1cc(Cl)c(N)cc1S(=O)(=O)Nc1cccc(F)n1. The molecule has 0 fully saturated rings. The Kier molecular flexibility index (Phi) is 3.82. The molecule has 0 amide bonds. The van der Waals surface area contributed by atoms with Gasteiger partial charge in [-0.25, -0.2) is 13.4 Å². The normalized spacial score (nSPS) is 11.3. The van der Waals surface area contributed by atoms with Crippen LogP contribution in [0.25, 0.3) is 0 Å². The molecule has 1 heterocycles. The Bertz CT molecular complexity index is 765. The van der Waals surface area contributed by atoms with E-state index in [1.165, 1.54) is 24.3 Å². The molecule has 8 heteroatoms. The number of nitrogens with two attached hydrogens (primary N) is 1. The molecule has 0 spiro atoms. The average Bonchev–Trinajstić information content (AvgIpc) is 2.33. The minimum Gasteiger partial charge on any atom is -0.397 e. The Hall–Kier alpha value is -1.86. The largest absolute Gasteiger partial charge is 0.397 e. The van der Waals surface area contributed by atoms with Crippen LogP contribution in [0.1, 0.15) is 5.56 Å². The number of hydrogen-bond donors (Lipinski definition) is 2. The van der Waals surface area contributed by atoms with Crippen LogP contribution in [0.3, 0.4) is 0 Å². The maximum absolute atomic E-state index is 13.0. The van der Waals surface area contributed by atoms with Gasteiger partial charge in [-0.05, 0) is 36.8 Å². The molecule has 0 aliphatic carbocycles. The van der Waals surface area contributed by atoms with Crippen LogP contribution >= 0.6 is 11.6 Å². The minimum atomic E-state index is -3.92. The summed E-state index contributed by atoms with van der Waals surface area (Å²) in [6.45, 7) is 1.58. The fourth-order valence-electron chi connectivity index (χ4n) is 1.62. The molecule has 0 bridgehead atoms. The predicted octanol–water partition coefficient (Wildman–Crippen LogP) is 2.57. The van der Waals surface area contributed by atoms with Crippen molar-refractivity contribution in [1.82, 2.24) is 4.98 Å². The average molecular weight is 316 g/mol. The molecule has 2 rings (SSSR count). The molecule has 2 aromatic rings. The van der Waals surface area contributed by atoms with E-state index in [0.29, 0.717) is 5.56 Å². The lowest BCUT2D eigenvalue weighted by Gasteiger charge is -2.11. The highest BCUT2D eigenvalue weighted by Gasteiger charge is 2.19. The summed E-state index contributed by atoms with van der Waals surface area (Å²) in [7, 11) is -3.92. The van der Waals surface area contributed by atoms with Crippen molar-refractivity contribution in [2.24, 2.45) is 0 Å². The van der Waals surface area contributed by atoms with Gasteiger partial charge in [0.15, 0.2) is 0 Å². The number of anilines is 2. The topological polar surface area (TPSA) is 85.1 Å². The van der Waals surface area contributed by atoms with Crippen molar-refractivity contribution in [1.29, 1.82) is 0 Å². The molecule has 5 nitrogen and oxygen atoms in total. The number of rotatable bonds is 3. The van der Waals surface area contributed by atoms with Crippen LogP contribution in [0.5, 0.6) is 0 Å². The summed E-state index contributed by atoms with van der Waals surface area (Å²) in [5, 5.41) is 0.269. The fraction of sp³-hybridized carbons (Fsp3) is 0.0833. The molecule has 1 aromatic carbocycles. The lowest BCUT2D eigenvalue weighted by molar-refractivity contribution is 0.584. The van der Waals surface area contributed by atoms with E-state index in [1.807, 2.05) is 0 Å². The Morgan fingerprint density at radius 1 is 1.35 bits per heavy atom. The number of nitrogen functional groups attached to an aromatic ring is 1. The summed E-state index contributed by atoms with van der Waals surface area (Å²) in [6, 6.07) is 6.51. The first-order valence-corrected chi connectivity index (χ1v) is 7.37. The highest BCUT2D eigenvalue weighted by Crippen LogP contribution is 2.27. The molecule has 20 heavy (non-hydrogen) atoms. The van der Waals surface area contributed by atoms with Crippen molar-refractivity contribution in [3.8, 4) is 0 Å². The molecule has 0 atom stereocenters. The number of pyridine rings is 1. The molecule has 0 unspecified atom stereocenters. The number of halogens is 2. The van der Waals surface area contributed by atoms with Crippen LogP contribution in [0, 0.1) is 12.9 Å². The first-order chi connectivity index (χ1) is 9.29. The summed E-state index contributed by atoms with van der Waals surface area (Å²) in [4.78, 5) is 3.40. The zero-order valence-electron chi connectivity index (χ0n) is 10.4. The summed E-state index contributed by atoms with van der Waals surface area (Å²) in [6.07, 6.45) is 0. The first-order valence-electron chi connectivity index (χ1n) is 5.50. The monoisotopic (exact) mass is 315 g/mol. The van der Waals surface area contributed by atoms with E-state index in [1.54, 1.807) is 6.92 Å². The van der Waals surface area contributed by atoms with Crippen molar-refractivity contribution in [3.63, 3.8) is 0 Å². The van der Waals surface area contributed by atoms with E-state index in [4.69, 9.17) is 17.3 Å². The number of hydrogen-bond acceptors (Lipinski definition) is 4. The Morgan fingerprint density at radius 2 is 2.05 bits per heavy atom. The Morgan fingerprint density at radius 3 is 2.70 bits per heavy atom. The van der Waals surface area contributed by atoms with Gasteiger partial charge in [0.05, 0.1) is 15.6 Å². The number of sulfonamides is 1. The number of aromatic nitrogens is 1. The Labute approximate surface area is 120 Å². The second-order valence-corrected chi connectivity index (χ2v) is 6.15. The lowest BCUT2D eigenvalue weighted by Crippen LogP contribution is -2.15. The third-order valence-corrected chi connectivity index (χ3v) is 4.36. The fourth-order valence-corrected chi connectivity index (χ4v) is 3.10. The Balaban J connectivity index is 2.43. The van der Waals surface area contributed by atoms with Crippen LogP contribution < -0.4 is 10.5 Å². The molecule has 0 aliphatic rings. The van der Waals surface area contributed by atoms with Gasteiger partial charge in [-0.1, -0.05) is 17.7 Å². The molecule has 106 valence electrons. The van der Waals surface area contributed by atoms with E-state index in [9.17, 15) is 12.8 Å². The minimum absolute atomic E-state index is 0.0366. The van der Waals surface area contributed by atoms with Gasteiger partial charge in [-0.15, -0.1) is 0 Å². The van der Waals surface area contributed by atoms with Crippen molar-refractivity contribution in [2.45, 2.75) is 11.8 Å². The van der Waals surface area contributed by atoms with Crippen LogP contribution in [0.15, 0.2) is 35.2 Å². The number of aryl methyl sites for hydroxylation is 1. The second kappa shape index (κ2) is 5.26. The summed E-state index contributed by atoms with van der Waals surface area (Å²) < 4.78 is 39.6. The van der Waals surface area contributed by atoms with E-state index in [-0.39, 0.29) is 21.4 Å². The number of nitrogens with one attached hydrogen (secondary N) is 1. The first kappa shape index (κ1) is 14.5. The van der Waals surface area contributed by atoms with E-state index < -0.39 is 16.0 Å². The molecule has 0 saturated heterocycles. The molecule has 0 radical (unpaired) electrons. The van der Waals surface area contributed by atoms with E-state index in [0.717, 1.165) is 6.07 Å². The van der Waals surface area contributed by atoms with Gasteiger partial charge in [0, 0.05) is 0 Å². The highest BCUT2D eigenvalue weighted by atomic mass is 35.5. The summed E-state index contributed by atoms with van der Waals surface area (Å²) in [5.41, 5.74) is 6.17. The third-order valence-electron chi connectivity index (χ3n) is 2.54. The predicted molar refractivity (Wildman–Crippen MR) is 75.6 cm³/mol. The van der Waals surface area contributed by atoms with Crippen molar-refractivity contribution < 1.29 is 12.8 Å². The van der Waals surface area contributed by atoms with E-state index >= 15 is 0 Å². The maximum Gasteiger partial charge on any atom is 0.263 e. The van der Waals surface area contributed by atoms with Gasteiger partial charge in [0.1, 0.15) is 5.82 Å². The van der Waals surface area contributed by atoms with Gasteiger partial charge >= 0.3 is 0 Å². The molecule has 0 aliphatic heterocycles. The van der Waals surface area contributed by atoms with Gasteiger partial charge < -0.3 is 5.73 Å². The molecule has 0 saturated carbocycles.